The van der Waals surface area contributed by atoms with Crippen molar-refractivity contribution < 1.29 is 9.53 Å². The van der Waals surface area contributed by atoms with Crippen LogP contribution in [0, 0.1) is 0 Å². The summed E-state index contributed by atoms with van der Waals surface area (Å²) in [6.07, 6.45) is 5.25. The van der Waals surface area contributed by atoms with Crippen LogP contribution in [0.4, 0.5) is 5.69 Å². The molecule has 0 aliphatic heterocycles. The average molecular weight is 358 g/mol. The highest BCUT2D eigenvalue weighted by Crippen LogP contribution is 2.40. The van der Waals surface area contributed by atoms with Gasteiger partial charge in [0.25, 0.3) is 0 Å². The molecule has 0 bridgehead atoms. The number of anilines is 1. The molecular formula is C18H18N2O2S2. The van der Waals surface area contributed by atoms with Crippen LogP contribution in [0.5, 0.6) is 0 Å². The van der Waals surface area contributed by atoms with Crippen LogP contribution >= 0.6 is 22.7 Å². The first-order valence-corrected chi connectivity index (χ1v) is 9.72. The molecule has 1 aliphatic carbocycles. The number of esters is 1. The van der Waals surface area contributed by atoms with Crippen LogP contribution in [0.25, 0.3) is 10.2 Å². The number of carbonyl (C=O) groups excluding carboxylic acids is 1. The van der Waals surface area contributed by atoms with Crippen molar-refractivity contribution in [3.05, 3.63) is 44.1 Å². The maximum absolute atomic E-state index is 12.0. The number of methoxy groups -OCH3 is 1. The van der Waals surface area contributed by atoms with E-state index in [-0.39, 0.29) is 5.97 Å². The Morgan fingerprint density at radius 2 is 2.12 bits per heavy atom. The van der Waals surface area contributed by atoms with Gasteiger partial charge in [0, 0.05) is 16.7 Å². The lowest BCUT2D eigenvalue weighted by molar-refractivity contribution is 0.0607. The topological polar surface area (TPSA) is 65.2 Å². The highest BCUT2D eigenvalue weighted by Gasteiger charge is 2.25. The molecule has 2 N–H and O–H groups in total. The summed E-state index contributed by atoms with van der Waals surface area (Å²) in [5, 5.41) is 3.07. The SMILES string of the molecule is COC(=O)c1sc2nc(Cc3cccs3)c3c(c2c1N)CCCC3. The van der Waals surface area contributed by atoms with E-state index in [1.54, 1.807) is 11.3 Å². The molecule has 4 rings (SSSR count). The molecule has 0 spiro atoms. The molecule has 3 aromatic rings. The van der Waals surface area contributed by atoms with Gasteiger partial charge >= 0.3 is 5.97 Å². The van der Waals surface area contributed by atoms with Gasteiger partial charge in [-0.25, -0.2) is 9.78 Å². The molecular weight excluding hydrogens is 340 g/mol. The number of nitrogen functional groups attached to an aromatic ring is 1. The smallest absolute Gasteiger partial charge is 0.350 e. The standard InChI is InChI=1S/C18H18N2O2S2/c1-22-18(21)16-15(19)14-12-7-3-2-6-11(12)13(20-17(14)24-16)9-10-5-4-8-23-10/h4-5,8H,2-3,6-7,9,19H2,1H3. The third-order valence-electron chi connectivity index (χ3n) is 4.57. The van der Waals surface area contributed by atoms with E-state index in [0.29, 0.717) is 10.6 Å². The summed E-state index contributed by atoms with van der Waals surface area (Å²) < 4.78 is 4.87. The van der Waals surface area contributed by atoms with Crippen molar-refractivity contribution in [3.63, 3.8) is 0 Å². The van der Waals surface area contributed by atoms with Gasteiger partial charge in [-0.3, -0.25) is 0 Å². The van der Waals surface area contributed by atoms with Crippen molar-refractivity contribution in [2.75, 3.05) is 12.8 Å². The van der Waals surface area contributed by atoms with E-state index in [1.807, 2.05) is 0 Å². The molecule has 0 atom stereocenters. The minimum Gasteiger partial charge on any atom is -0.465 e. The second kappa shape index (κ2) is 6.18. The number of aromatic nitrogens is 1. The zero-order valence-corrected chi connectivity index (χ0v) is 15.1. The summed E-state index contributed by atoms with van der Waals surface area (Å²) in [4.78, 5) is 19.5. The van der Waals surface area contributed by atoms with Crippen LogP contribution in [0.2, 0.25) is 0 Å². The van der Waals surface area contributed by atoms with E-state index in [0.717, 1.165) is 41.6 Å². The van der Waals surface area contributed by atoms with Crippen molar-refractivity contribution in [2.24, 2.45) is 0 Å². The molecule has 24 heavy (non-hydrogen) atoms. The zero-order chi connectivity index (χ0) is 16.7. The Morgan fingerprint density at radius 1 is 1.33 bits per heavy atom. The highest BCUT2D eigenvalue weighted by molar-refractivity contribution is 7.21. The maximum atomic E-state index is 12.0. The van der Waals surface area contributed by atoms with E-state index in [4.69, 9.17) is 15.5 Å². The lowest BCUT2D eigenvalue weighted by Gasteiger charge is -2.20. The quantitative estimate of drug-likeness (QED) is 0.713. The van der Waals surface area contributed by atoms with Crippen LogP contribution in [0.1, 0.15) is 44.2 Å². The van der Waals surface area contributed by atoms with Crippen LogP contribution in [0.15, 0.2) is 17.5 Å². The molecule has 1 aliphatic rings. The van der Waals surface area contributed by atoms with Crippen molar-refractivity contribution in [2.45, 2.75) is 32.1 Å². The molecule has 0 saturated heterocycles. The Bertz CT molecular complexity index is 913. The van der Waals surface area contributed by atoms with Gasteiger partial charge in [-0.2, -0.15) is 0 Å². The summed E-state index contributed by atoms with van der Waals surface area (Å²) in [7, 11) is 1.39. The summed E-state index contributed by atoms with van der Waals surface area (Å²) in [6.45, 7) is 0. The van der Waals surface area contributed by atoms with Gasteiger partial charge in [-0.05, 0) is 48.3 Å². The Morgan fingerprint density at radius 3 is 2.83 bits per heavy atom. The number of carbonyl (C=O) groups is 1. The first-order valence-electron chi connectivity index (χ1n) is 8.02. The number of thiophene rings is 2. The Balaban J connectivity index is 1.92. The molecule has 0 unspecified atom stereocenters. The number of nitrogens with two attached hydrogens (primary N) is 1. The highest BCUT2D eigenvalue weighted by atomic mass is 32.1. The average Bonchev–Trinajstić information content (AvgIpc) is 3.22. The van der Waals surface area contributed by atoms with Gasteiger partial charge in [0.05, 0.1) is 18.5 Å². The number of hydrogen-bond acceptors (Lipinski definition) is 6. The first kappa shape index (κ1) is 15.6. The monoisotopic (exact) mass is 358 g/mol. The van der Waals surface area contributed by atoms with Crippen molar-refractivity contribution in [3.8, 4) is 0 Å². The number of fused-ring (bicyclic) bond motifs is 3. The number of aryl methyl sites for hydroxylation is 1. The first-order chi connectivity index (χ1) is 11.7. The molecule has 0 aromatic carbocycles. The van der Waals surface area contributed by atoms with Crippen LogP contribution in [0.3, 0.4) is 0 Å². The molecule has 0 saturated carbocycles. The third-order valence-corrected chi connectivity index (χ3v) is 6.53. The Labute approximate surface area is 148 Å². The van der Waals surface area contributed by atoms with E-state index in [1.165, 1.54) is 40.9 Å². The minimum atomic E-state index is -0.375. The fourth-order valence-electron chi connectivity index (χ4n) is 3.46. The van der Waals surface area contributed by atoms with Crippen molar-refractivity contribution >= 4 is 44.5 Å². The van der Waals surface area contributed by atoms with Crippen molar-refractivity contribution in [1.29, 1.82) is 0 Å². The van der Waals surface area contributed by atoms with Crippen LogP contribution in [-0.2, 0) is 24.0 Å². The number of nitrogens with zero attached hydrogens (tertiary/aromatic N) is 1. The van der Waals surface area contributed by atoms with E-state index in [2.05, 4.69) is 17.5 Å². The Hall–Kier alpha value is -1.92. The van der Waals surface area contributed by atoms with Gasteiger partial charge in [0.15, 0.2) is 0 Å². The second-order valence-electron chi connectivity index (χ2n) is 6.00. The molecule has 3 aromatic heterocycles. The van der Waals surface area contributed by atoms with E-state index in [9.17, 15) is 4.79 Å². The number of rotatable bonds is 3. The summed E-state index contributed by atoms with van der Waals surface area (Å²) in [6, 6.07) is 4.22. The number of ether oxygens (including phenoxy) is 1. The second-order valence-corrected chi connectivity index (χ2v) is 8.03. The number of hydrogen-bond donors (Lipinski definition) is 1. The summed E-state index contributed by atoms with van der Waals surface area (Å²) >= 11 is 3.10. The third kappa shape index (κ3) is 2.50. The lowest BCUT2D eigenvalue weighted by atomic mass is 9.88. The van der Waals surface area contributed by atoms with Gasteiger partial charge in [-0.1, -0.05) is 6.07 Å². The summed E-state index contributed by atoms with van der Waals surface area (Å²) in [5.74, 6) is -0.375. The van der Waals surface area contributed by atoms with Gasteiger partial charge in [0.1, 0.15) is 9.71 Å². The molecule has 0 amide bonds. The summed E-state index contributed by atoms with van der Waals surface area (Å²) in [5.41, 5.74) is 10.6. The molecule has 4 nitrogen and oxygen atoms in total. The van der Waals surface area contributed by atoms with Gasteiger partial charge in [0.2, 0.25) is 0 Å². The molecule has 124 valence electrons. The zero-order valence-electron chi connectivity index (χ0n) is 13.4. The van der Waals surface area contributed by atoms with E-state index < -0.39 is 0 Å². The predicted octanol–water partition coefficient (Wildman–Crippen LogP) is 4.20. The molecule has 6 heteroatoms. The normalized spacial score (nSPS) is 13.9. The van der Waals surface area contributed by atoms with E-state index >= 15 is 0 Å². The van der Waals surface area contributed by atoms with Gasteiger partial charge < -0.3 is 10.5 Å². The number of pyridine rings is 1. The molecule has 0 radical (unpaired) electrons. The van der Waals surface area contributed by atoms with Gasteiger partial charge in [-0.15, -0.1) is 22.7 Å². The fourth-order valence-corrected chi connectivity index (χ4v) is 5.23. The van der Waals surface area contributed by atoms with Crippen LogP contribution in [-0.4, -0.2) is 18.1 Å². The molecule has 3 heterocycles. The predicted molar refractivity (Wildman–Crippen MR) is 99.1 cm³/mol. The lowest BCUT2D eigenvalue weighted by Crippen LogP contribution is -2.10. The Kier molecular flexibility index (Phi) is 4.02. The maximum Gasteiger partial charge on any atom is 0.350 e. The van der Waals surface area contributed by atoms with Crippen LogP contribution < -0.4 is 5.73 Å². The fraction of sp³-hybridized carbons (Fsp3) is 0.333. The minimum absolute atomic E-state index is 0.375. The molecule has 0 fully saturated rings. The van der Waals surface area contributed by atoms with Crippen molar-refractivity contribution in [1.82, 2.24) is 4.98 Å². The largest absolute Gasteiger partial charge is 0.465 e.